The van der Waals surface area contributed by atoms with Crippen molar-refractivity contribution in [3.05, 3.63) is 0 Å². The van der Waals surface area contributed by atoms with E-state index in [0.717, 1.165) is 0 Å². The molecule has 0 fully saturated rings. The number of rotatable bonds is 0. The monoisotopic (exact) mass is 408 g/mol. The molecular weight excluding hydrogens is 409 g/mol. The molecule has 8 radical (unpaired) electrons. The smallest absolute Gasteiger partial charge is 0 e. The van der Waals surface area contributed by atoms with Crippen molar-refractivity contribution >= 4 is 128 Å². The summed E-state index contributed by atoms with van der Waals surface area (Å²) < 4.78 is 0. The average Bonchev–Trinajstić information content (AvgIpc) is 0. The fourth-order valence-electron chi connectivity index (χ4n) is 0. The third-order valence-electron chi connectivity index (χ3n) is 0. The Hall–Kier alpha value is 4.84. The molecule has 0 aliphatic carbocycles. The molecule has 5 heavy (non-hydrogen) atoms. The van der Waals surface area contributed by atoms with Gasteiger partial charge in [-0.2, -0.15) is 0 Å². The molecule has 0 aromatic heterocycles. The first-order chi connectivity index (χ1) is 0. The number of hydrogen-bond donors (Lipinski definition) is 0. The average molecular weight is 409 g/mol. The van der Waals surface area contributed by atoms with E-state index in [4.69, 9.17) is 0 Å². The molecular formula is BiCaLiSrZn. The molecule has 12 valence electrons. The molecule has 0 N–H and O–H groups in total. The fraction of sp³-hybridized carbons (Fsp3) is 0. The summed E-state index contributed by atoms with van der Waals surface area (Å²) in [6.45, 7) is 0. The predicted octanol–water partition coefficient (Wildman–Crippen LogP) is -1.53. The van der Waals surface area contributed by atoms with E-state index in [9.17, 15) is 0 Å². The molecule has 0 nitrogen and oxygen atoms in total. The van der Waals surface area contributed by atoms with E-state index in [0.29, 0.717) is 0 Å². The Morgan fingerprint density at radius 2 is 1.00 bits per heavy atom. The van der Waals surface area contributed by atoms with Gasteiger partial charge in [-0.15, -0.1) is 0 Å². The van der Waals surface area contributed by atoms with Crippen molar-refractivity contribution in [3.8, 4) is 0 Å². The molecule has 0 atom stereocenters. The molecule has 0 bridgehead atoms. The van der Waals surface area contributed by atoms with Crippen LogP contribution >= 0.6 is 0 Å². The van der Waals surface area contributed by atoms with Crippen molar-refractivity contribution in [3.63, 3.8) is 0 Å². The molecule has 0 aromatic carbocycles. The minimum Gasteiger partial charge on any atom is 0 e. The zero-order chi connectivity index (χ0) is 0. The van der Waals surface area contributed by atoms with Crippen molar-refractivity contribution < 1.29 is 19.5 Å². The van der Waals surface area contributed by atoms with E-state index in [2.05, 4.69) is 0 Å². The standard InChI is InChI=1S/Bi.Ca.Li.Sr.Zn. The second-order valence-corrected chi connectivity index (χ2v) is 0. The minimum absolute atomic E-state index is 0. The summed E-state index contributed by atoms with van der Waals surface area (Å²) in [6, 6.07) is 0. The van der Waals surface area contributed by atoms with Crippen LogP contribution in [-0.2, 0) is 19.5 Å². The maximum absolute atomic E-state index is 0. The molecule has 5 heteroatoms. The molecule has 0 saturated heterocycles. The summed E-state index contributed by atoms with van der Waals surface area (Å²) in [5.74, 6) is 0. The molecule has 0 unspecified atom stereocenters. The topological polar surface area (TPSA) is 0 Å². The first kappa shape index (κ1) is 32.8. The maximum atomic E-state index is 0. The summed E-state index contributed by atoms with van der Waals surface area (Å²) >= 11 is 0. The Morgan fingerprint density at radius 3 is 1.00 bits per heavy atom. The van der Waals surface area contributed by atoms with Crippen LogP contribution in [0.15, 0.2) is 0 Å². The summed E-state index contributed by atoms with van der Waals surface area (Å²) in [6.07, 6.45) is 0. The van der Waals surface area contributed by atoms with Gasteiger partial charge in [-0.1, -0.05) is 0 Å². The Labute approximate surface area is 143 Å². The van der Waals surface area contributed by atoms with Crippen molar-refractivity contribution in [2.75, 3.05) is 0 Å². The molecule has 0 aromatic rings. The molecule has 0 amide bonds. The van der Waals surface area contributed by atoms with E-state index in [1.54, 1.807) is 0 Å². The third-order valence-corrected chi connectivity index (χ3v) is 0. The summed E-state index contributed by atoms with van der Waals surface area (Å²) in [5, 5.41) is 0. The first-order valence-corrected chi connectivity index (χ1v) is 0. The van der Waals surface area contributed by atoms with E-state index >= 15 is 0 Å². The Kier molecular flexibility index (Phi) is 152. The first-order valence-electron chi connectivity index (χ1n) is 0. The van der Waals surface area contributed by atoms with Crippen molar-refractivity contribution in [2.24, 2.45) is 0 Å². The second kappa shape index (κ2) is 23.2. The molecule has 0 aliphatic rings. The molecule has 0 saturated carbocycles. The summed E-state index contributed by atoms with van der Waals surface area (Å²) in [7, 11) is 0. The second-order valence-electron chi connectivity index (χ2n) is 0. The van der Waals surface area contributed by atoms with Crippen LogP contribution in [0.25, 0.3) is 0 Å². The Balaban J connectivity index is 0. The molecule has 0 heterocycles. The third kappa shape index (κ3) is 17.7. The van der Waals surface area contributed by atoms with Crippen LogP contribution < -0.4 is 0 Å². The largest absolute Gasteiger partial charge is 0 e. The van der Waals surface area contributed by atoms with Crippen LogP contribution in [0.2, 0.25) is 0 Å². The van der Waals surface area contributed by atoms with Gasteiger partial charge in [0.1, 0.15) is 0 Å². The predicted molar refractivity (Wildman–Crippen MR) is 23.0 cm³/mol. The van der Waals surface area contributed by atoms with Gasteiger partial charge >= 0.3 is 0 Å². The van der Waals surface area contributed by atoms with Gasteiger partial charge in [0.25, 0.3) is 0 Å². The van der Waals surface area contributed by atoms with E-state index in [1.165, 1.54) is 0 Å². The van der Waals surface area contributed by atoms with Gasteiger partial charge in [-0.3, -0.25) is 0 Å². The Bertz CT molecular complexity index is 11.6. The fourth-order valence-corrected chi connectivity index (χ4v) is 0. The SMILES string of the molecule is [Bi].[Ca].[Li].[Sr].[Zn]. The van der Waals surface area contributed by atoms with Gasteiger partial charge in [0.15, 0.2) is 0 Å². The quantitative estimate of drug-likeness (QED) is 0.427. The maximum Gasteiger partial charge on any atom is 0 e. The molecule has 0 spiro atoms. The van der Waals surface area contributed by atoms with Gasteiger partial charge in [-0.25, -0.2) is 0 Å². The molecule has 0 rings (SSSR count). The van der Waals surface area contributed by atoms with Crippen molar-refractivity contribution in [2.45, 2.75) is 0 Å². The van der Waals surface area contributed by atoms with Crippen molar-refractivity contribution in [1.82, 2.24) is 0 Å². The van der Waals surface area contributed by atoms with Crippen LogP contribution in [0.4, 0.5) is 0 Å². The van der Waals surface area contributed by atoms with Crippen LogP contribution in [0.5, 0.6) is 0 Å². The zero-order valence-corrected chi connectivity index (χ0v) is 15.7. The van der Waals surface area contributed by atoms with E-state index in [1.807, 2.05) is 0 Å². The van der Waals surface area contributed by atoms with Gasteiger partial charge in [0, 0.05) is 148 Å². The summed E-state index contributed by atoms with van der Waals surface area (Å²) in [4.78, 5) is 0. The number of hydrogen-bond acceptors (Lipinski definition) is 0. The minimum atomic E-state index is 0. The normalized spacial score (nSPS) is 0. The molecule has 0 aliphatic heterocycles. The van der Waals surface area contributed by atoms with Gasteiger partial charge in [0.05, 0.1) is 0 Å². The van der Waals surface area contributed by atoms with Gasteiger partial charge in [0.2, 0.25) is 0 Å². The summed E-state index contributed by atoms with van der Waals surface area (Å²) in [5.41, 5.74) is 0. The van der Waals surface area contributed by atoms with Crippen LogP contribution in [0.1, 0.15) is 0 Å². The van der Waals surface area contributed by atoms with E-state index in [-0.39, 0.29) is 148 Å². The van der Waals surface area contributed by atoms with Crippen LogP contribution in [-0.4, -0.2) is 128 Å². The Morgan fingerprint density at radius 1 is 1.00 bits per heavy atom. The van der Waals surface area contributed by atoms with Gasteiger partial charge in [-0.05, 0) is 0 Å². The van der Waals surface area contributed by atoms with E-state index < -0.39 is 0 Å². The van der Waals surface area contributed by atoms with Gasteiger partial charge < -0.3 is 0 Å². The van der Waals surface area contributed by atoms with Crippen LogP contribution in [0, 0.1) is 0 Å². The van der Waals surface area contributed by atoms with Crippen molar-refractivity contribution in [1.29, 1.82) is 0 Å². The van der Waals surface area contributed by atoms with Crippen LogP contribution in [0.3, 0.4) is 0 Å². The zero-order valence-electron chi connectivity index (χ0n) is 3.57.